The van der Waals surface area contributed by atoms with E-state index in [9.17, 15) is 5.26 Å². The SMILES string of the molecule is C=C(C)CN(CC)c1nc2ccccc2cc1C#N. The summed E-state index contributed by atoms with van der Waals surface area (Å²) < 4.78 is 0. The van der Waals surface area contributed by atoms with E-state index in [0.717, 1.165) is 35.4 Å². The minimum absolute atomic E-state index is 0.613. The monoisotopic (exact) mass is 251 g/mol. The van der Waals surface area contributed by atoms with Crippen LogP contribution >= 0.6 is 0 Å². The Morgan fingerprint density at radius 2 is 2.16 bits per heavy atom. The maximum absolute atomic E-state index is 9.32. The summed E-state index contributed by atoms with van der Waals surface area (Å²) in [6.45, 7) is 9.49. The van der Waals surface area contributed by atoms with Gasteiger partial charge in [0.05, 0.1) is 11.1 Å². The molecule has 2 rings (SSSR count). The van der Waals surface area contributed by atoms with Crippen molar-refractivity contribution < 1.29 is 0 Å². The minimum Gasteiger partial charge on any atom is -0.352 e. The van der Waals surface area contributed by atoms with Gasteiger partial charge in [0.25, 0.3) is 0 Å². The number of hydrogen-bond donors (Lipinski definition) is 0. The van der Waals surface area contributed by atoms with Crippen LogP contribution in [0.1, 0.15) is 19.4 Å². The molecule has 0 atom stereocenters. The fourth-order valence-corrected chi connectivity index (χ4v) is 2.09. The molecule has 19 heavy (non-hydrogen) atoms. The van der Waals surface area contributed by atoms with Crippen molar-refractivity contribution in [2.24, 2.45) is 0 Å². The lowest BCUT2D eigenvalue weighted by molar-refractivity contribution is 0.861. The molecule has 1 heterocycles. The van der Waals surface area contributed by atoms with Crippen LogP contribution in [-0.4, -0.2) is 18.1 Å². The lowest BCUT2D eigenvalue weighted by Crippen LogP contribution is -2.26. The lowest BCUT2D eigenvalue weighted by Gasteiger charge is -2.23. The molecule has 0 saturated heterocycles. The van der Waals surface area contributed by atoms with Crippen molar-refractivity contribution in [3.63, 3.8) is 0 Å². The molecule has 0 amide bonds. The summed E-state index contributed by atoms with van der Waals surface area (Å²) in [4.78, 5) is 6.71. The molecular weight excluding hydrogens is 234 g/mol. The highest BCUT2D eigenvalue weighted by atomic mass is 15.2. The molecule has 3 nitrogen and oxygen atoms in total. The summed E-state index contributed by atoms with van der Waals surface area (Å²) in [5.74, 6) is 0.742. The van der Waals surface area contributed by atoms with Crippen molar-refractivity contribution in [1.29, 1.82) is 5.26 Å². The van der Waals surface area contributed by atoms with Gasteiger partial charge in [-0.05, 0) is 26.0 Å². The van der Waals surface area contributed by atoms with Crippen molar-refractivity contribution in [2.75, 3.05) is 18.0 Å². The Morgan fingerprint density at radius 3 is 2.79 bits per heavy atom. The van der Waals surface area contributed by atoms with E-state index >= 15 is 0 Å². The first-order valence-electron chi connectivity index (χ1n) is 6.35. The first-order valence-corrected chi connectivity index (χ1v) is 6.35. The van der Waals surface area contributed by atoms with E-state index in [1.807, 2.05) is 37.3 Å². The summed E-state index contributed by atoms with van der Waals surface area (Å²) in [6, 6.07) is 12.0. The number of likely N-dealkylation sites (N-methyl/N-ethyl adjacent to an activating group) is 1. The van der Waals surface area contributed by atoms with Crippen LogP contribution in [0.2, 0.25) is 0 Å². The average Bonchev–Trinajstić information content (AvgIpc) is 2.43. The van der Waals surface area contributed by atoms with Crippen molar-refractivity contribution in [1.82, 2.24) is 4.98 Å². The maximum Gasteiger partial charge on any atom is 0.147 e. The quantitative estimate of drug-likeness (QED) is 0.781. The molecule has 0 aliphatic heterocycles. The highest BCUT2D eigenvalue weighted by molar-refractivity contribution is 5.83. The van der Waals surface area contributed by atoms with Gasteiger partial charge in [-0.25, -0.2) is 4.98 Å². The fraction of sp³-hybridized carbons (Fsp3) is 0.250. The van der Waals surface area contributed by atoms with Gasteiger partial charge in [0.15, 0.2) is 0 Å². The van der Waals surface area contributed by atoms with E-state index in [0.29, 0.717) is 5.56 Å². The van der Waals surface area contributed by atoms with Crippen LogP contribution in [0.25, 0.3) is 10.9 Å². The van der Waals surface area contributed by atoms with Crippen LogP contribution in [0.3, 0.4) is 0 Å². The van der Waals surface area contributed by atoms with Crippen molar-refractivity contribution >= 4 is 16.7 Å². The van der Waals surface area contributed by atoms with Crippen LogP contribution in [0.5, 0.6) is 0 Å². The van der Waals surface area contributed by atoms with Gasteiger partial charge in [-0.3, -0.25) is 0 Å². The summed E-state index contributed by atoms with van der Waals surface area (Å²) in [7, 11) is 0. The van der Waals surface area contributed by atoms with Crippen LogP contribution in [0.15, 0.2) is 42.5 Å². The number of anilines is 1. The van der Waals surface area contributed by atoms with E-state index < -0.39 is 0 Å². The molecule has 3 heteroatoms. The molecule has 2 aromatic rings. The van der Waals surface area contributed by atoms with Crippen molar-refractivity contribution in [3.8, 4) is 6.07 Å². The zero-order valence-corrected chi connectivity index (χ0v) is 11.3. The second-order valence-electron chi connectivity index (χ2n) is 4.64. The number of rotatable bonds is 4. The highest BCUT2D eigenvalue weighted by Gasteiger charge is 2.13. The normalized spacial score (nSPS) is 10.2. The predicted octanol–water partition coefficient (Wildman–Crippen LogP) is 3.51. The predicted molar refractivity (Wildman–Crippen MR) is 79.2 cm³/mol. The Bertz CT molecular complexity index is 653. The third-order valence-electron chi connectivity index (χ3n) is 2.97. The number of benzene rings is 1. The largest absolute Gasteiger partial charge is 0.352 e. The second-order valence-corrected chi connectivity index (χ2v) is 4.64. The Hall–Kier alpha value is -2.34. The topological polar surface area (TPSA) is 39.9 Å². The molecule has 0 bridgehead atoms. The number of fused-ring (bicyclic) bond motifs is 1. The zero-order valence-electron chi connectivity index (χ0n) is 11.3. The van der Waals surface area contributed by atoms with Gasteiger partial charge in [0.1, 0.15) is 11.9 Å². The fourth-order valence-electron chi connectivity index (χ4n) is 2.09. The number of para-hydroxylation sites is 1. The van der Waals surface area contributed by atoms with Crippen LogP contribution in [0.4, 0.5) is 5.82 Å². The average molecular weight is 251 g/mol. The van der Waals surface area contributed by atoms with Gasteiger partial charge in [0.2, 0.25) is 0 Å². The number of pyridine rings is 1. The molecular formula is C16H17N3. The third kappa shape index (κ3) is 2.74. The molecule has 0 unspecified atom stereocenters. The standard InChI is InChI=1S/C16H17N3/c1-4-19(11-12(2)3)16-14(10-17)9-13-7-5-6-8-15(13)18-16/h5-9H,2,4,11H2,1,3H3. The summed E-state index contributed by atoms with van der Waals surface area (Å²) >= 11 is 0. The Morgan fingerprint density at radius 1 is 1.42 bits per heavy atom. The lowest BCUT2D eigenvalue weighted by atomic mass is 10.1. The Labute approximate surface area is 113 Å². The first-order chi connectivity index (χ1) is 9.15. The van der Waals surface area contributed by atoms with Gasteiger partial charge in [-0.2, -0.15) is 5.26 Å². The van der Waals surface area contributed by atoms with Gasteiger partial charge in [-0.1, -0.05) is 30.4 Å². The molecule has 0 aliphatic rings. The van der Waals surface area contributed by atoms with Crippen LogP contribution < -0.4 is 4.90 Å². The molecule has 0 saturated carbocycles. The molecule has 0 spiro atoms. The molecule has 0 N–H and O–H groups in total. The minimum atomic E-state index is 0.613. The van der Waals surface area contributed by atoms with Crippen LogP contribution in [0, 0.1) is 11.3 Å². The van der Waals surface area contributed by atoms with E-state index in [4.69, 9.17) is 0 Å². The number of nitrogens with zero attached hydrogens (tertiary/aromatic N) is 3. The van der Waals surface area contributed by atoms with Crippen LogP contribution in [-0.2, 0) is 0 Å². The summed E-state index contributed by atoms with van der Waals surface area (Å²) in [6.07, 6.45) is 0. The molecule has 96 valence electrons. The van der Waals surface area contributed by atoms with E-state index in [1.165, 1.54) is 0 Å². The van der Waals surface area contributed by atoms with E-state index in [2.05, 4.69) is 29.5 Å². The molecule has 1 aromatic heterocycles. The smallest absolute Gasteiger partial charge is 0.147 e. The first kappa shape index (κ1) is 13.1. The summed E-state index contributed by atoms with van der Waals surface area (Å²) in [5.41, 5.74) is 2.58. The molecule has 0 radical (unpaired) electrons. The van der Waals surface area contributed by atoms with Gasteiger partial charge in [0, 0.05) is 18.5 Å². The third-order valence-corrected chi connectivity index (χ3v) is 2.97. The zero-order chi connectivity index (χ0) is 13.8. The molecule has 0 aliphatic carbocycles. The molecule has 0 fully saturated rings. The highest BCUT2D eigenvalue weighted by Crippen LogP contribution is 2.23. The van der Waals surface area contributed by atoms with Crippen molar-refractivity contribution in [2.45, 2.75) is 13.8 Å². The molecule has 1 aromatic carbocycles. The second kappa shape index (κ2) is 5.53. The van der Waals surface area contributed by atoms with Gasteiger partial charge >= 0.3 is 0 Å². The number of hydrogen-bond acceptors (Lipinski definition) is 3. The van der Waals surface area contributed by atoms with Gasteiger partial charge in [-0.15, -0.1) is 0 Å². The Balaban J connectivity index is 2.57. The van der Waals surface area contributed by atoms with E-state index in [-0.39, 0.29) is 0 Å². The number of nitriles is 1. The van der Waals surface area contributed by atoms with E-state index in [1.54, 1.807) is 0 Å². The van der Waals surface area contributed by atoms with Crippen molar-refractivity contribution in [3.05, 3.63) is 48.0 Å². The maximum atomic E-state index is 9.32. The number of aromatic nitrogens is 1. The van der Waals surface area contributed by atoms with Gasteiger partial charge < -0.3 is 4.90 Å². The summed E-state index contributed by atoms with van der Waals surface area (Å²) in [5, 5.41) is 10.3. The Kier molecular flexibility index (Phi) is 3.82.